The topological polar surface area (TPSA) is 15.3 Å². The molecule has 0 radical (unpaired) electrons. The van der Waals surface area contributed by atoms with Gasteiger partial charge < -0.3 is 10.2 Å². The van der Waals surface area contributed by atoms with Crippen LogP contribution in [0.5, 0.6) is 0 Å². The zero-order valence-electron chi connectivity index (χ0n) is 15.4. The molecule has 0 bridgehead atoms. The van der Waals surface area contributed by atoms with Gasteiger partial charge in [0.15, 0.2) is 0 Å². The summed E-state index contributed by atoms with van der Waals surface area (Å²) in [7, 11) is 2.09. The second kappa shape index (κ2) is 6.91. The van der Waals surface area contributed by atoms with Crippen molar-refractivity contribution in [2.45, 2.75) is 41.5 Å². The van der Waals surface area contributed by atoms with Crippen molar-refractivity contribution in [2.75, 3.05) is 17.3 Å². The highest BCUT2D eigenvalue weighted by Crippen LogP contribution is 2.26. The van der Waals surface area contributed by atoms with E-state index in [0.717, 1.165) is 0 Å². The van der Waals surface area contributed by atoms with Crippen LogP contribution in [0.25, 0.3) is 0 Å². The molecule has 2 aromatic rings. The van der Waals surface area contributed by atoms with E-state index in [1.54, 1.807) is 0 Å². The Labute approximate surface area is 140 Å². The first kappa shape index (κ1) is 17.1. The Hall–Kier alpha value is -2.22. The number of aryl methyl sites for hydroxylation is 6. The van der Waals surface area contributed by atoms with Gasteiger partial charge >= 0.3 is 0 Å². The first-order valence-corrected chi connectivity index (χ1v) is 8.11. The Morgan fingerprint density at radius 1 is 0.739 bits per heavy atom. The van der Waals surface area contributed by atoms with Gasteiger partial charge in [0.25, 0.3) is 0 Å². The zero-order chi connectivity index (χ0) is 17.1. The van der Waals surface area contributed by atoms with Gasteiger partial charge in [-0.1, -0.05) is 35.4 Å². The standard InChI is InChI=1S/C21H28N2/c1-14-10-16(3)20(17(4)11-14)22-8-9-23(7)21-18(5)12-15(2)13-19(21)6/h8-13,22H,1-7H3/b9-8-. The van der Waals surface area contributed by atoms with E-state index in [1.165, 1.54) is 44.8 Å². The summed E-state index contributed by atoms with van der Waals surface area (Å²) in [5, 5.41) is 3.44. The monoisotopic (exact) mass is 308 g/mol. The predicted octanol–water partition coefficient (Wildman–Crippen LogP) is 5.56. The van der Waals surface area contributed by atoms with Gasteiger partial charge in [0.1, 0.15) is 0 Å². The summed E-state index contributed by atoms with van der Waals surface area (Å²) in [6.07, 6.45) is 4.10. The fraction of sp³-hybridized carbons (Fsp3) is 0.333. The highest BCUT2D eigenvalue weighted by atomic mass is 15.1. The molecule has 0 unspecified atom stereocenters. The van der Waals surface area contributed by atoms with Crippen LogP contribution in [0.4, 0.5) is 11.4 Å². The number of nitrogens with one attached hydrogen (secondary N) is 1. The van der Waals surface area contributed by atoms with Gasteiger partial charge in [-0.3, -0.25) is 0 Å². The molecule has 1 N–H and O–H groups in total. The average Bonchev–Trinajstić information content (AvgIpc) is 2.40. The second-order valence-electron chi connectivity index (χ2n) is 6.59. The second-order valence-corrected chi connectivity index (χ2v) is 6.59. The molecule has 2 aromatic carbocycles. The van der Waals surface area contributed by atoms with Crippen molar-refractivity contribution in [1.82, 2.24) is 0 Å². The van der Waals surface area contributed by atoms with E-state index in [-0.39, 0.29) is 0 Å². The van der Waals surface area contributed by atoms with Crippen LogP contribution >= 0.6 is 0 Å². The third kappa shape index (κ3) is 3.95. The molecule has 0 fully saturated rings. The molecule has 0 saturated heterocycles. The minimum Gasteiger partial charge on any atom is -0.360 e. The van der Waals surface area contributed by atoms with E-state index in [0.29, 0.717) is 0 Å². The zero-order valence-corrected chi connectivity index (χ0v) is 15.4. The normalized spacial score (nSPS) is 11.1. The Balaban J connectivity index is 2.19. The Morgan fingerprint density at radius 3 is 1.65 bits per heavy atom. The van der Waals surface area contributed by atoms with Gasteiger partial charge in [-0.05, 0) is 63.8 Å². The molecule has 0 spiro atoms. The smallest absolute Gasteiger partial charge is 0.0463 e. The molecule has 2 heteroatoms. The summed E-state index contributed by atoms with van der Waals surface area (Å²) < 4.78 is 0. The maximum absolute atomic E-state index is 3.44. The first-order chi connectivity index (χ1) is 10.8. The molecular weight excluding hydrogens is 280 g/mol. The third-order valence-electron chi connectivity index (χ3n) is 4.19. The van der Waals surface area contributed by atoms with Gasteiger partial charge in [-0.15, -0.1) is 0 Å². The largest absolute Gasteiger partial charge is 0.360 e. The number of hydrogen-bond donors (Lipinski definition) is 1. The van der Waals surface area contributed by atoms with E-state index in [4.69, 9.17) is 0 Å². The van der Waals surface area contributed by atoms with Crippen molar-refractivity contribution in [1.29, 1.82) is 0 Å². The maximum atomic E-state index is 3.44. The molecule has 0 saturated carbocycles. The molecule has 0 aliphatic carbocycles. The Morgan fingerprint density at radius 2 is 1.17 bits per heavy atom. The minimum atomic E-state index is 1.19. The third-order valence-corrected chi connectivity index (χ3v) is 4.19. The quantitative estimate of drug-likeness (QED) is 0.796. The van der Waals surface area contributed by atoms with Gasteiger partial charge in [0.05, 0.1) is 0 Å². The molecule has 0 atom stereocenters. The molecule has 0 aliphatic rings. The Kier molecular flexibility index (Phi) is 5.15. The molecule has 0 aromatic heterocycles. The van der Waals surface area contributed by atoms with E-state index < -0.39 is 0 Å². The van der Waals surface area contributed by atoms with Gasteiger partial charge in [-0.25, -0.2) is 0 Å². The van der Waals surface area contributed by atoms with Crippen LogP contribution in [0.3, 0.4) is 0 Å². The van der Waals surface area contributed by atoms with E-state index in [1.807, 2.05) is 6.20 Å². The highest BCUT2D eigenvalue weighted by molar-refractivity contribution is 5.63. The molecule has 23 heavy (non-hydrogen) atoms. The van der Waals surface area contributed by atoms with Crippen LogP contribution in [-0.4, -0.2) is 7.05 Å². The fourth-order valence-electron chi connectivity index (χ4n) is 3.44. The van der Waals surface area contributed by atoms with Crippen LogP contribution in [0.15, 0.2) is 36.7 Å². The molecule has 2 rings (SSSR count). The molecular formula is C21H28N2. The minimum absolute atomic E-state index is 1.19. The SMILES string of the molecule is Cc1cc(C)c(N/C=C\N(C)c2c(C)cc(C)cc2C)c(C)c1. The van der Waals surface area contributed by atoms with Gasteiger partial charge in [0.2, 0.25) is 0 Å². The van der Waals surface area contributed by atoms with Crippen molar-refractivity contribution in [2.24, 2.45) is 0 Å². The van der Waals surface area contributed by atoms with Crippen LogP contribution in [0.2, 0.25) is 0 Å². The van der Waals surface area contributed by atoms with Crippen molar-refractivity contribution in [3.63, 3.8) is 0 Å². The lowest BCUT2D eigenvalue weighted by atomic mass is 10.0. The van der Waals surface area contributed by atoms with Crippen molar-refractivity contribution in [3.8, 4) is 0 Å². The predicted molar refractivity (Wildman–Crippen MR) is 102 cm³/mol. The fourth-order valence-corrected chi connectivity index (χ4v) is 3.44. The summed E-state index contributed by atoms with van der Waals surface area (Å²) >= 11 is 0. The van der Waals surface area contributed by atoms with Crippen LogP contribution in [0.1, 0.15) is 33.4 Å². The highest BCUT2D eigenvalue weighted by Gasteiger charge is 2.07. The van der Waals surface area contributed by atoms with Crippen LogP contribution < -0.4 is 10.2 Å². The lowest BCUT2D eigenvalue weighted by Crippen LogP contribution is -2.12. The molecule has 2 nitrogen and oxygen atoms in total. The lowest BCUT2D eigenvalue weighted by molar-refractivity contribution is 1.14. The van der Waals surface area contributed by atoms with Crippen molar-refractivity contribution >= 4 is 11.4 Å². The number of benzene rings is 2. The lowest BCUT2D eigenvalue weighted by Gasteiger charge is -2.21. The molecule has 0 heterocycles. The summed E-state index contributed by atoms with van der Waals surface area (Å²) in [6.45, 7) is 12.9. The molecule has 122 valence electrons. The van der Waals surface area contributed by atoms with Crippen molar-refractivity contribution < 1.29 is 0 Å². The van der Waals surface area contributed by atoms with Crippen molar-refractivity contribution in [3.05, 3.63) is 70.0 Å². The molecule has 0 amide bonds. The number of nitrogens with zero attached hydrogens (tertiary/aromatic N) is 1. The number of hydrogen-bond acceptors (Lipinski definition) is 2. The van der Waals surface area contributed by atoms with E-state index >= 15 is 0 Å². The van der Waals surface area contributed by atoms with E-state index in [9.17, 15) is 0 Å². The summed E-state index contributed by atoms with van der Waals surface area (Å²) in [4.78, 5) is 2.18. The summed E-state index contributed by atoms with van der Waals surface area (Å²) in [5.74, 6) is 0. The maximum Gasteiger partial charge on any atom is 0.0463 e. The number of rotatable bonds is 4. The van der Waals surface area contributed by atoms with E-state index in [2.05, 4.69) is 89.3 Å². The average molecular weight is 308 g/mol. The van der Waals surface area contributed by atoms with Crippen LogP contribution in [0, 0.1) is 41.5 Å². The number of anilines is 2. The summed E-state index contributed by atoms with van der Waals surface area (Å²) in [5.41, 5.74) is 10.2. The Bertz CT molecular complexity index is 695. The summed E-state index contributed by atoms with van der Waals surface area (Å²) in [6, 6.07) is 8.88. The van der Waals surface area contributed by atoms with Gasteiger partial charge in [0, 0.05) is 30.8 Å². The van der Waals surface area contributed by atoms with Gasteiger partial charge in [-0.2, -0.15) is 0 Å². The molecule has 0 aliphatic heterocycles. The van der Waals surface area contributed by atoms with Crippen LogP contribution in [-0.2, 0) is 0 Å². The first-order valence-electron chi connectivity index (χ1n) is 8.11.